The van der Waals surface area contributed by atoms with Gasteiger partial charge in [0.25, 0.3) is 0 Å². The van der Waals surface area contributed by atoms with Crippen LogP contribution in [-0.4, -0.2) is 17.6 Å². The van der Waals surface area contributed by atoms with E-state index in [4.69, 9.17) is 5.11 Å². The third kappa shape index (κ3) is 5.82. The van der Waals surface area contributed by atoms with Gasteiger partial charge in [-0.15, -0.1) is 0 Å². The second-order valence-electron chi connectivity index (χ2n) is 3.41. The maximum Gasteiger partial charge on any atom is 0.303 e. The van der Waals surface area contributed by atoms with Crippen LogP contribution in [0.5, 0.6) is 0 Å². The van der Waals surface area contributed by atoms with Gasteiger partial charge in [0.1, 0.15) is 0 Å². The van der Waals surface area contributed by atoms with Gasteiger partial charge in [-0.3, -0.25) is 4.79 Å². The second-order valence-corrected chi connectivity index (χ2v) is 3.41. The molecule has 4 nitrogen and oxygen atoms in total. The zero-order valence-electron chi connectivity index (χ0n) is 7.49. The van der Waals surface area contributed by atoms with Crippen molar-refractivity contribution in [3.63, 3.8) is 0 Å². The lowest BCUT2D eigenvalue weighted by molar-refractivity contribution is -0.138. The third-order valence-electron chi connectivity index (χ3n) is 1.60. The SMILES string of the molecule is CC(C)C[C@H](CN=O)CC(=O)O. The minimum absolute atomic E-state index is 0.0456. The lowest BCUT2D eigenvalue weighted by Gasteiger charge is -2.12. The Hall–Kier alpha value is -0.930. The van der Waals surface area contributed by atoms with E-state index in [9.17, 15) is 9.70 Å². The predicted octanol–water partition coefficient (Wildman–Crippen LogP) is 1.89. The summed E-state index contributed by atoms with van der Waals surface area (Å²) in [6.07, 6.45) is 0.794. The monoisotopic (exact) mass is 173 g/mol. The highest BCUT2D eigenvalue weighted by atomic mass is 16.4. The molecule has 0 aliphatic rings. The van der Waals surface area contributed by atoms with Gasteiger partial charge < -0.3 is 5.11 Å². The molecule has 0 radical (unpaired) electrons. The second kappa shape index (κ2) is 5.69. The lowest BCUT2D eigenvalue weighted by Crippen LogP contribution is -2.13. The van der Waals surface area contributed by atoms with Gasteiger partial charge in [-0.2, -0.15) is 4.91 Å². The van der Waals surface area contributed by atoms with Crippen LogP contribution in [0.25, 0.3) is 0 Å². The largest absolute Gasteiger partial charge is 0.481 e. The Morgan fingerprint density at radius 2 is 2.08 bits per heavy atom. The van der Waals surface area contributed by atoms with Crippen LogP contribution in [0.1, 0.15) is 26.7 Å². The molecule has 0 bridgehead atoms. The summed E-state index contributed by atoms with van der Waals surface area (Å²) < 4.78 is 0. The molecule has 0 amide bonds. The highest BCUT2D eigenvalue weighted by Gasteiger charge is 2.14. The summed E-state index contributed by atoms with van der Waals surface area (Å²) in [7, 11) is 0. The highest BCUT2D eigenvalue weighted by molar-refractivity contribution is 5.67. The molecule has 1 N–H and O–H groups in total. The van der Waals surface area contributed by atoms with Crippen LogP contribution in [0.2, 0.25) is 0 Å². The standard InChI is InChI=1S/C8H15NO3/c1-6(2)3-7(5-9-12)4-8(10)11/h6-7H,3-5H2,1-2H3,(H,10,11)/t7-/m0/s1. The number of carboxylic acids is 1. The first kappa shape index (κ1) is 11.1. The van der Waals surface area contributed by atoms with Crippen molar-refractivity contribution in [1.29, 1.82) is 0 Å². The first-order chi connectivity index (χ1) is 5.56. The Balaban J connectivity index is 3.85. The number of carbonyl (C=O) groups is 1. The Bertz CT molecular complexity index is 156. The van der Waals surface area contributed by atoms with Crippen LogP contribution in [0.3, 0.4) is 0 Å². The zero-order valence-corrected chi connectivity index (χ0v) is 7.49. The fourth-order valence-electron chi connectivity index (χ4n) is 1.24. The molecule has 0 aliphatic heterocycles. The van der Waals surface area contributed by atoms with Crippen LogP contribution in [0, 0.1) is 16.7 Å². The lowest BCUT2D eigenvalue weighted by atomic mass is 9.94. The summed E-state index contributed by atoms with van der Waals surface area (Å²) in [5.74, 6) is -0.541. The fourth-order valence-corrected chi connectivity index (χ4v) is 1.24. The van der Waals surface area contributed by atoms with Gasteiger partial charge in [-0.05, 0) is 18.3 Å². The molecule has 1 atom stereocenters. The highest BCUT2D eigenvalue weighted by Crippen LogP contribution is 2.15. The van der Waals surface area contributed by atoms with Crippen molar-refractivity contribution in [2.75, 3.05) is 6.54 Å². The maximum absolute atomic E-state index is 10.3. The summed E-state index contributed by atoms with van der Waals surface area (Å²) in [5, 5.41) is 11.2. The summed E-state index contributed by atoms with van der Waals surface area (Å²) >= 11 is 0. The van der Waals surface area contributed by atoms with Crippen molar-refractivity contribution in [3.8, 4) is 0 Å². The summed E-state index contributed by atoms with van der Waals surface area (Å²) in [6.45, 7) is 4.11. The van der Waals surface area contributed by atoms with Crippen LogP contribution >= 0.6 is 0 Å². The summed E-state index contributed by atoms with van der Waals surface area (Å²) in [6, 6.07) is 0. The molecule has 0 unspecified atom stereocenters. The smallest absolute Gasteiger partial charge is 0.303 e. The fraction of sp³-hybridized carbons (Fsp3) is 0.875. The van der Waals surface area contributed by atoms with E-state index in [0.717, 1.165) is 6.42 Å². The average Bonchev–Trinajstić information content (AvgIpc) is 1.84. The molecule has 0 saturated carbocycles. The molecule has 0 rings (SSSR count). The Morgan fingerprint density at radius 3 is 2.42 bits per heavy atom. The van der Waals surface area contributed by atoms with Crippen molar-refractivity contribution in [1.82, 2.24) is 0 Å². The van der Waals surface area contributed by atoms with Crippen LogP contribution in [0.15, 0.2) is 5.18 Å². The third-order valence-corrected chi connectivity index (χ3v) is 1.60. The number of hydrogen-bond acceptors (Lipinski definition) is 3. The summed E-state index contributed by atoms with van der Waals surface area (Å²) in [4.78, 5) is 20.3. The molecule has 0 aromatic rings. The van der Waals surface area contributed by atoms with Crippen molar-refractivity contribution in [2.45, 2.75) is 26.7 Å². The summed E-state index contributed by atoms with van der Waals surface area (Å²) in [5.41, 5.74) is 0. The van der Waals surface area contributed by atoms with E-state index in [1.165, 1.54) is 0 Å². The van der Waals surface area contributed by atoms with E-state index in [0.29, 0.717) is 5.92 Å². The molecule has 12 heavy (non-hydrogen) atoms. The molecular formula is C8H15NO3. The number of carboxylic acid groups (broad SMARTS) is 1. The Labute approximate surface area is 71.9 Å². The van der Waals surface area contributed by atoms with E-state index in [2.05, 4.69) is 5.18 Å². The molecule has 4 heteroatoms. The molecule has 0 heterocycles. The number of nitroso groups, excluding NO2 is 1. The topological polar surface area (TPSA) is 66.7 Å². The molecule has 0 aliphatic carbocycles. The quantitative estimate of drug-likeness (QED) is 0.623. The van der Waals surface area contributed by atoms with Gasteiger partial charge in [0.15, 0.2) is 0 Å². The van der Waals surface area contributed by atoms with E-state index in [1.54, 1.807) is 0 Å². The van der Waals surface area contributed by atoms with Gasteiger partial charge >= 0.3 is 5.97 Å². The van der Waals surface area contributed by atoms with E-state index in [1.807, 2.05) is 13.8 Å². The molecule has 0 fully saturated rings. The zero-order chi connectivity index (χ0) is 9.56. The van der Waals surface area contributed by atoms with E-state index >= 15 is 0 Å². The minimum Gasteiger partial charge on any atom is -0.481 e. The van der Waals surface area contributed by atoms with Crippen molar-refractivity contribution in [2.24, 2.45) is 17.0 Å². The number of nitrogens with zero attached hydrogens (tertiary/aromatic N) is 1. The number of aliphatic carboxylic acids is 1. The number of rotatable bonds is 6. The van der Waals surface area contributed by atoms with Crippen LogP contribution in [-0.2, 0) is 4.79 Å². The van der Waals surface area contributed by atoms with Crippen molar-refractivity contribution >= 4 is 5.97 Å². The normalized spacial score (nSPS) is 12.9. The first-order valence-electron chi connectivity index (χ1n) is 4.07. The van der Waals surface area contributed by atoms with Crippen molar-refractivity contribution in [3.05, 3.63) is 4.91 Å². The maximum atomic E-state index is 10.3. The van der Waals surface area contributed by atoms with Crippen LogP contribution < -0.4 is 0 Å². The molecule has 70 valence electrons. The van der Waals surface area contributed by atoms with Gasteiger partial charge in [-0.1, -0.05) is 19.0 Å². The van der Waals surface area contributed by atoms with Gasteiger partial charge in [-0.25, -0.2) is 0 Å². The Morgan fingerprint density at radius 1 is 1.50 bits per heavy atom. The Kier molecular flexibility index (Phi) is 5.25. The van der Waals surface area contributed by atoms with Gasteiger partial charge in [0.2, 0.25) is 0 Å². The van der Waals surface area contributed by atoms with Gasteiger partial charge in [0.05, 0.1) is 13.0 Å². The van der Waals surface area contributed by atoms with Crippen LogP contribution in [0.4, 0.5) is 0 Å². The minimum atomic E-state index is -0.857. The molecule has 0 spiro atoms. The molecule has 0 aromatic heterocycles. The number of hydrogen-bond donors (Lipinski definition) is 1. The van der Waals surface area contributed by atoms with Gasteiger partial charge in [0, 0.05) is 0 Å². The molecular weight excluding hydrogens is 158 g/mol. The van der Waals surface area contributed by atoms with Crippen molar-refractivity contribution < 1.29 is 9.90 Å². The molecule has 0 aromatic carbocycles. The molecule has 0 saturated heterocycles. The predicted molar refractivity (Wildman–Crippen MR) is 45.9 cm³/mol. The first-order valence-corrected chi connectivity index (χ1v) is 4.07. The average molecular weight is 173 g/mol. The van der Waals surface area contributed by atoms with E-state index in [-0.39, 0.29) is 18.9 Å². The van der Waals surface area contributed by atoms with E-state index < -0.39 is 5.97 Å².